The van der Waals surface area contributed by atoms with Gasteiger partial charge < -0.3 is 9.30 Å². The number of carbonyl (C=O) groups excluding carboxylic acids is 1. The molecule has 0 saturated heterocycles. The van der Waals surface area contributed by atoms with Crippen molar-refractivity contribution in [1.82, 2.24) is 14.8 Å². The maximum absolute atomic E-state index is 12.0. The van der Waals surface area contributed by atoms with E-state index in [-0.39, 0.29) is 11.9 Å². The van der Waals surface area contributed by atoms with E-state index in [1.807, 2.05) is 13.8 Å². The van der Waals surface area contributed by atoms with Gasteiger partial charge in [-0.05, 0) is 33.1 Å². The van der Waals surface area contributed by atoms with Crippen molar-refractivity contribution in [3.63, 3.8) is 0 Å². The number of ether oxygens (including phenoxy) is 1. The third-order valence-corrected chi connectivity index (χ3v) is 3.26. The first-order chi connectivity index (χ1) is 8.69. The third kappa shape index (κ3) is 2.54. The molecule has 1 aromatic rings. The molecule has 1 unspecified atom stereocenters. The standard InChI is InChI=1S/C13H21N3O2/c1-4-6-11(13(17)18-5-2)12-15-14-9(3)16(12)10-7-8-10/h10-11H,4-8H2,1-3H3. The summed E-state index contributed by atoms with van der Waals surface area (Å²) in [7, 11) is 0. The van der Waals surface area contributed by atoms with Crippen molar-refractivity contribution in [2.45, 2.75) is 58.4 Å². The summed E-state index contributed by atoms with van der Waals surface area (Å²) in [6.45, 7) is 6.26. The van der Waals surface area contributed by atoms with Crippen LogP contribution < -0.4 is 0 Å². The van der Waals surface area contributed by atoms with E-state index in [2.05, 4.69) is 21.7 Å². The summed E-state index contributed by atoms with van der Waals surface area (Å²) in [4.78, 5) is 12.0. The molecule has 0 N–H and O–H groups in total. The highest BCUT2D eigenvalue weighted by Crippen LogP contribution is 2.38. The molecule has 0 spiro atoms. The second-order valence-corrected chi connectivity index (χ2v) is 4.80. The molecule has 0 aromatic carbocycles. The van der Waals surface area contributed by atoms with Gasteiger partial charge in [-0.25, -0.2) is 0 Å². The van der Waals surface area contributed by atoms with Crippen LogP contribution in [0.3, 0.4) is 0 Å². The monoisotopic (exact) mass is 251 g/mol. The van der Waals surface area contributed by atoms with Crippen molar-refractivity contribution in [2.75, 3.05) is 6.61 Å². The van der Waals surface area contributed by atoms with Crippen molar-refractivity contribution in [3.05, 3.63) is 11.6 Å². The predicted molar refractivity (Wildman–Crippen MR) is 67.3 cm³/mol. The van der Waals surface area contributed by atoms with Crippen LogP contribution in [0.5, 0.6) is 0 Å². The Balaban J connectivity index is 2.27. The van der Waals surface area contributed by atoms with E-state index >= 15 is 0 Å². The van der Waals surface area contributed by atoms with Crippen molar-refractivity contribution in [1.29, 1.82) is 0 Å². The van der Waals surface area contributed by atoms with Crippen LogP contribution in [0.2, 0.25) is 0 Å². The molecule has 1 aliphatic carbocycles. The lowest BCUT2D eigenvalue weighted by atomic mass is 10.0. The summed E-state index contributed by atoms with van der Waals surface area (Å²) in [5.41, 5.74) is 0. The minimum Gasteiger partial charge on any atom is -0.465 e. The lowest BCUT2D eigenvalue weighted by Gasteiger charge is -2.15. The lowest BCUT2D eigenvalue weighted by Crippen LogP contribution is -2.20. The summed E-state index contributed by atoms with van der Waals surface area (Å²) in [6, 6.07) is 0.490. The molecule has 0 radical (unpaired) electrons. The molecular formula is C13H21N3O2. The Morgan fingerprint density at radius 1 is 1.44 bits per heavy atom. The van der Waals surface area contributed by atoms with Gasteiger partial charge in [0.25, 0.3) is 0 Å². The van der Waals surface area contributed by atoms with Gasteiger partial charge in [-0.15, -0.1) is 10.2 Å². The Bertz CT molecular complexity index is 424. The zero-order valence-electron chi connectivity index (χ0n) is 11.3. The highest BCUT2D eigenvalue weighted by molar-refractivity contribution is 5.77. The fourth-order valence-electron chi connectivity index (χ4n) is 2.29. The smallest absolute Gasteiger partial charge is 0.316 e. The van der Waals surface area contributed by atoms with Gasteiger partial charge in [0.2, 0.25) is 0 Å². The fraction of sp³-hybridized carbons (Fsp3) is 0.769. The molecule has 0 amide bonds. The highest BCUT2D eigenvalue weighted by Gasteiger charge is 2.34. The molecule has 5 nitrogen and oxygen atoms in total. The van der Waals surface area contributed by atoms with Crippen molar-refractivity contribution < 1.29 is 9.53 Å². The molecule has 0 bridgehead atoms. The molecule has 5 heteroatoms. The molecule has 1 aromatic heterocycles. The SMILES string of the molecule is CCCC(C(=O)OCC)c1nnc(C)n1C1CC1. The molecule has 2 rings (SSSR count). The average Bonchev–Trinajstić information content (AvgIpc) is 3.10. The Hall–Kier alpha value is -1.39. The minimum absolute atomic E-state index is 0.173. The number of aryl methyl sites for hydroxylation is 1. The van der Waals surface area contributed by atoms with Crippen LogP contribution in [0.15, 0.2) is 0 Å². The number of rotatable bonds is 6. The molecule has 1 heterocycles. The van der Waals surface area contributed by atoms with Crippen LogP contribution in [0.4, 0.5) is 0 Å². The second kappa shape index (κ2) is 5.50. The molecule has 1 fully saturated rings. The predicted octanol–water partition coefficient (Wildman–Crippen LogP) is 2.37. The maximum Gasteiger partial charge on any atom is 0.316 e. The van der Waals surface area contributed by atoms with Crippen LogP contribution in [-0.2, 0) is 9.53 Å². The van der Waals surface area contributed by atoms with E-state index in [0.717, 1.165) is 37.3 Å². The summed E-state index contributed by atoms with van der Waals surface area (Å²) >= 11 is 0. The van der Waals surface area contributed by atoms with Crippen LogP contribution in [-0.4, -0.2) is 27.3 Å². The van der Waals surface area contributed by atoms with E-state index < -0.39 is 0 Å². The van der Waals surface area contributed by atoms with E-state index in [1.165, 1.54) is 0 Å². The topological polar surface area (TPSA) is 57.0 Å². The normalized spacial score (nSPS) is 16.6. The quantitative estimate of drug-likeness (QED) is 0.728. The van der Waals surface area contributed by atoms with Crippen molar-refractivity contribution >= 4 is 5.97 Å². The zero-order valence-corrected chi connectivity index (χ0v) is 11.3. The minimum atomic E-state index is -0.267. The van der Waals surface area contributed by atoms with E-state index in [9.17, 15) is 4.79 Å². The molecule has 1 atom stereocenters. The van der Waals surface area contributed by atoms with E-state index in [1.54, 1.807) is 0 Å². The number of hydrogen-bond donors (Lipinski definition) is 0. The Morgan fingerprint density at radius 2 is 2.17 bits per heavy atom. The second-order valence-electron chi connectivity index (χ2n) is 4.80. The number of aromatic nitrogens is 3. The van der Waals surface area contributed by atoms with E-state index in [4.69, 9.17) is 4.74 Å². The number of hydrogen-bond acceptors (Lipinski definition) is 4. The largest absolute Gasteiger partial charge is 0.465 e. The van der Waals surface area contributed by atoms with Crippen LogP contribution in [0.1, 0.15) is 63.1 Å². The number of nitrogens with zero attached hydrogens (tertiary/aromatic N) is 3. The van der Waals surface area contributed by atoms with Gasteiger partial charge in [-0.1, -0.05) is 13.3 Å². The van der Waals surface area contributed by atoms with Gasteiger partial charge in [0, 0.05) is 6.04 Å². The Kier molecular flexibility index (Phi) is 3.99. The lowest BCUT2D eigenvalue weighted by molar-refractivity contribution is -0.145. The Morgan fingerprint density at radius 3 is 2.72 bits per heavy atom. The average molecular weight is 251 g/mol. The zero-order chi connectivity index (χ0) is 13.1. The van der Waals surface area contributed by atoms with Gasteiger partial charge in [0.15, 0.2) is 0 Å². The number of esters is 1. The van der Waals surface area contributed by atoms with Gasteiger partial charge in [-0.3, -0.25) is 4.79 Å². The molecule has 100 valence electrons. The molecule has 0 aliphatic heterocycles. The van der Waals surface area contributed by atoms with Crippen LogP contribution >= 0.6 is 0 Å². The number of carbonyl (C=O) groups is 1. The van der Waals surface area contributed by atoms with Gasteiger partial charge in [0.05, 0.1) is 6.61 Å². The first kappa shape index (κ1) is 13.1. The Labute approximate surface area is 108 Å². The van der Waals surface area contributed by atoms with Gasteiger partial charge in [0.1, 0.15) is 17.6 Å². The summed E-state index contributed by atoms with van der Waals surface area (Å²) < 4.78 is 7.28. The fourth-order valence-corrected chi connectivity index (χ4v) is 2.29. The molecule has 18 heavy (non-hydrogen) atoms. The molecule has 1 saturated carbocycles. The molecular weight excluding hydrogens is 230 g/mol. The van der Waals surface area contributed by atoms with Gasteiger partial charge >= 0.3 is 5.97 Å². The summed E-state index contributed by atoms with van der Waals surface area (Å²) in [6.07, 6.45) is 4.02. The maximum atomic E-state index is 12.0. The first-order valence-electron chi connectivity index (χ1n) is 6.77. The van der Waals surface area contributed by atoms with Crippen LogP contribution in [0.25, 0.3) is 0 Å². The first-order valence-corrected chi connectivity index (χ1v) is 6.77. The molecule has 1 aliphatic rings. The summed E-state index contributed by atoms with van der Waals surface area (Å²) in [5, 5.41) is 8.34. The summed E-state index contributed by atoms with van der Waals surface area (Å²) in [5.74, 6) is 1.25. The van der Waals surface area contributed by atoms with Crippen molar-refractivity contribution in [2.24, 2.45) is 0 Å². The van der Waals surface area contributed by atoms with Gasteiger partial charge in [-0.2, -0.15) is 0 Å². The highest BCUT2D eigenvalue weighted by atomic mass is 16.5. The van der Waals surface area contributed by atoms with E-state index in [0.29, 0.717) is 12.6 Å². The van der Waals surface area contributed by atoms with Crippen LogP contribution in [0, 0.1) is 6.92 Å². The van der Waals surface area contributed by atoms with Crippen molar-refractivity contribution in [3.8, 4) is 0 Å². The third-order valence-electron chi connectivity index (χ3n) is 3.26.